The number of hydrogen-bond acceptors (Lipinski definition) is 3. The highest BCUT2D eigenvalue weighted by molar-refractivity contribution is 7.86. The third-order valence-electron chi connectivity index (χ3n) is 4.10. The number of anilines is 2. The second-order valence-electron chi connectivity index (χ2n) is 6.34. The second kappa shape index (κ2) is 8.14. The van der Waals surface area contributed by atoms with Crippen LogP contribution in [0.3, 0.4) is 0 Å². The first-order valence-corrected chi connectivity index (χ1v) is 9.68. The number of nitrogens with one attached hydrogen (secondary N) is 2. The molecule has 2 N–H and O–H groups in total. The lowest BCUT2D eigenvalue weighted by molar-refractivity contribution is 0.102. The molecule has 0 bridgehead atoms. The standard InChI is InChI=1S/C21H21N3O2S/c1-14-12-15(2)20(16(3)13-14)24-27(26)18-9-7-17(8-10-18)23-21(25)19-6-4-5-11-22-19/h4-13,24H,1-3H3,(H,23,25). The van der Waals surface area contributed by atoms with Gasteiger partial charge in [0, 0.05) is 11.9 Å². The van der Waals surface area contributed by atoms with Gasteiger partial charge in [-0.1, -0.05) is 23.8 Å². The Morgan fingerprint density at radius 1 is 0.963 bits per heavy atom. The van der Waals surface area contributed by atoms with Crippen molar-refractivity contribution in [2.24, 2.45) is 0 Å². The minimum Gasteiger partial charge on any atom is -0.321 e. The minimum atomic E-state index is -1.39. The van der Waals surface area contributed by atoms with E-state index in [9.17, 15) is 9.00 Å². The van der Waals surface area contributed by atoms with Gasteiger partial charge < -0.3 is 10.0 Å². The molecule has 1 amide bonds. The molecule has 0 spiro atoms. The predicted molar refractivity (Wildman–Crippen MR) is 109 cm³/mol. The predicted octanol–water partition coefficient (Wildman–Crippen LogP) is 4.39. The monoisotopic (exact) mass is 379 g/mol. The van der Waals surface area contributed by atoms with Crippen molar-refractivity contribution in [2.45, 2.75) is 25.7 Å². The van der Waals surface area contributed by atoms with Gasteiger partial charge in [0.2, 0.25) is 0 Å². The Bertz CT molecular complexity index is 963. The number of carbonyl (C=O) groups is 1. The Kier molecular flexibility index (Phi) is 5.66. The molecule has 1 heterocycles. The first-order chi connectivity index (χ1) is 12.9. The Labute approximate surface area is 161 Å². The number of rotatable bonds is 5. The summed E-state index contributed by atoms with van der Waals surface area (Å²) in [6.45, 7) is 6.03. The van der Waals surface area contributed by atoms with Crippen LogP contribution in [0.4, 0.5) is 11.4 Å². The van der Waals surface area contributed by atoms with Gasteiger partial charge in [-0.3, -0.25) is 9.78 Å². The van der Waals surface area contributed by atoms with Gasteiger partial charge in [0.25, 0.3) is 5.91 Å². The number of pyridine rings is 1. The summed E-state index contributed by atoms with van der Waals surface area (Å²) in [5.74, 6) is -0.284. The SMILES string of the molecule is Cc1cc(C)c(NS(=O)c2ccc(NC(=O)c3ccccn3)cc2)c(C)c1. The fourth-order valence-corrected chi connectivity index (χ4v) is 3.86. The lowest BCUT2D eigenvalue weighted by Crippen LogP contribution is -2.13. The molecule has 0 saturated carbocycles. The summed E-state index contributed by atoms with van der Waals surface area (Å²) < 4.78 is 15.7. The maximum atomic E-state index is 12.7. The van der Waals surface area contributed by atoms with Crippen molar-refractivity contribution in [3.05, 3.63) is 83.2 Å². The first kappa shape index (κ1) is 18.8. The molecule has 6 heteroatoms. The van der Waals surface area contributed by atoms with Crippen LogP contribution in [-0.4, -0.2) is 15.1 Å². The molecule has 0 saturated heterocycles. The Hall–Kier alpha value is -2.99. The highest BCUT2D eigenvalue weighted by Crippen LogP contribution is 2.24. The number of carbonyl (C=O) groups excluding carboxylic acids is 1. The van der Waals surface area contributed by atoms with Gasteiger partial charge in [-0.05, 0) is 68.3 Å². The van der Waals surface area contributed by atoms with Crippen LogP contribution < -0.4 is 10.0 Å². The Balaban J connectivity index is 1.70. The molecule has 0 aliphatic rings. The van der Waals surface area contributed by atoms with Gasteiger partial charge in [-0.15, -0.1) is 0 Å². The molecular formula is C21H21N3O2S. The van der Waals surface area contributed by atoms with E-state index in [2.05, 4.69) is 27.2 Å². The van der Waals surface area contributed by atoms with Crippen LogP contribution >= 0.6 is 0 Å². The molecule has 1 unspecified atom stereocenters. The van der Waals surface area contributed by atoms with Crippen LogP contribution in [0.5, 0.6) is 0 Å². The van der Waals surface area contributed by atoms with Crippen LogP contribution in [0.25, 0.3) is 0 Å². The molecule has 3 rings (SSSR count). The van der Waals surface area contributed by atoms with Crippen molar-refractivity contribution in [3.8, 4) is 0 Å². The average Bonchev–Trinajstić information content (AvgIpc) is 2.65. The molecule has 138 valence electrons. The normalized spacial score (nSPS) is 11.7. The molecule has 2 aromatic carbocycles. The first-order valence-electron chi connectivity index (χ1n) is 8.53. The number of amides is 1. The van der Waals surface area contributed by atoms with Crippen LogP contribution in [0.15, 0.2) is 65.7 Å². The Morgan fingerprint density at radius 3 is 2.22 bits per heavy atom. The van der Waals surface area contributed by atoms with Crippen molar-refractivity contribution in [2.75, 3.05) is 10.0 Å². The van der Waals surface area contributed by atoms with E-state index in [0.29, 0.717) is 16.3 Å². The summed E-state index contributed by atoms with van der Waals surface area (Å²) in [7, 11) is -1.39. The summed E-state index contributed by atoms with van der Waals surface area (Å²) in [5.41, 5.74) is 5.13. The molecule has 1 aromatic heterocycles. The number of nitrogens with zero attached hydrogens (tertiary/aromatic N) is 1. The molecule has 27 heavy (non-hydrogen) atoms. The molecular weight excluding hydrogens is 358 g/mol. The summed E-state index contributed by atoms with van der Waals surface area (Å²) in [6, 6.07) is 16.2. The van der Waals surface area contributed by atoms with Gasteiger partial charge in [0.1, 0.15) is 16.7 Å². The van der Waals surface area contributed by atoms with E-state index in [1.807, 2.05) is 20.8 Å². The van der Waals surface area contributed by atoms with Gasteiger partial charge in [-0.2, -0.15) is 0 Å². The molecule has 5 nitrogen and oxygen atoms in total. The molecule has 1 atom stereocenters. The van der Waals surface area contributed by atoms with Crippen molar-refractivity contribution in [3.63, 3.8) is 0 Å². The van der Waals surface area contributed by atoms with E-state index in [4.69, 9.17) is 0 Å². The second-order valence-corrected chi connectivity index (χ2v) is 7.55. The van der Waals surface area contributed by atoms with Crippen molar-refractivity contribution < 1.29 is 9.00 Å². The topological polar surface area (TPSA) is 71.1 Å². The highest BCUT2D eigenvalue weighted by atomic mass is 32.2. The van der Waals surface area contributed by atoms with Gasteiger partial charge in [-0.25, -0.2) is 4.21 Å². The van der Waals surface area contributed by atoms with Crippen LogP contribution in [0.1, 0.15) is 27.2 Å². The van der Waals surface area contributed by atoms with E-state index < -0.39 is 11.0 Å². The van der Waals surface area contributed by atoms with Crippen LogP contribution in [0.2, 0.25) is 0 Å². The zero-order valence-corrected chi connectivity index (χ0v) is 16.3. The van der Waals surface area contributed by atoms with Crippen molar-refractivity contribution >= 4 is 28.3 Å². The number of hydrogen-bond donors (Lipinski definition) is 2. The largest absolute Gasteiger partial charge is 0.321 e. The van der Waals surface area contributed by atoms with Gasteiger partial charge in [0.05, 0.1) is 10.6 Å². The van der Waals surface area contributed by atoms with Crippen molar-refractivity contribution in [1.29, 1.82) is 0 Å². The van der Waals surface area contributed by atoms with E-state index in [1.165, 1.54) is 5.56 Å². The zero-order chi connectivity index (χ0) is 19.4. The van der Waals surface area contributed by atoms with Crippen molar-refractivity contribution in [1.82, 2.24) is 4.98 Å². The lowest BCUT2D eigenvalue weighted by Gasteiger charge is -2.13. The summed E-state index contributed by atoms with van der Waals surface area (Å²) in [6.07, 6.45) is 1.57. The van der Waals surface area contributed by atoms with Gasteiger partial charge >= 0.3 is 0 Å². The molecule has 0 radical (unpaired) electrons. The van der Waals surface area contributed by atoms with E-state index in [-0.39, 0.29) is 5.91 Å². The van der Waals surface area contributed by atoms with E-state index >= 15 is 0 Å². The smallest absolute Gasteiger partial charge is 0.274 e. The highest BCUT2D eigenvalue weighted by Gasteiger charge is 2.10. The quantitative estimate of drug-likeness (QED) is 0.690. The van der Waals surface area contributed by atoms with E-state index in [1.54, 1.807) is 48.7 Å². The maximum absolute atomic E-state index is 12.7. The Morgan fingerprint density at radius 2 is 1.63 bits per heavy atom. The molecule has 3 aromatic rings. The summed E-state index contributed by atoms with van der Waals surface area (Å²) >= 11 is 0. The average molecular weight is 379 g/mol. The fourth-order valence-electron chi connectivity index (χ4n) is 2.85. The third kappa shape index (κ3) is 4.60. The zero-order valence-electron chi connectivity index (χ0n) is 15.4. The maximum Gasteiger partial charge on any atom is 0.274 e. The number of aryl methyl sites for hydroxylation is 3. The number of aromatic nitrogens is 1. The number of benzene rings is 2. The lowest BCUT2D eigenvalue weighted by atomic mass is 10.1. The molecule has 0 fully saturated rings. The molecule has 0 aliphatic carbocycles. The summed E-state index contributed by atoms with van der Waals surface area (Å²) in [5, 5.41) is 2.78. The van der Waals surface area contributed by atoms with E-state index in [0.717, 1.165) is 16.8 Å². The fraction of sp³-hybridized carbons (Fsp3) is 0.143. The van der Waals surface area contributed by atoms with Crippen LogP contribution in [0, 0.1) is 20.8 Å². The minimum absolute atomic E-state index is 0.284. The molecule has 0 aliphatic heterocycles. The van der Waals surface area contributed by atoms with Gasteiger partial charge in [0.15, 0.2) is 0 Å². The third-order valence-corrected chi connectivity index (χ3v) is 5.19. The van der Waals surface area contributed by atoms with Crippen LogP contribution in [-0.2, 0) is 11.0 Å². The summed E-state index contributed by atoms with van der Waals surface area (Å²) in [4.78, 5) is 16.8.